The van der Waals surface area contributed by atoms with Crippen LogP contribution in [0.2, 0.25) is 0 Å². The molecule has 1 saturated carbocycles. The lowest BCUT2D eigenvalue weighted by atomic mass is 9.75. The van der Waals surface area contributed by atoms with Crippen molar-refractivity contribution < 1.29 is 4.79 Å². The van der Waals surface area contributed by atoms with Crippen molar-refractivity contribution >= 4 is 23.1 Å². The summed E-state index contributed by atoms with van der Waals surface area (Å²) in [5.74, 6) is 0.0395. The number of likely N-dealkylation sites (N-methyl/N-ethyl adjacent to an activating group) is 2. The van der Waals surface area contributed by atoms with E-state index in [0.29, 0.717) is 10.6 Å². The molecule has 0 saturated heterocycles. The molecule has 0 atom stereocenters. The van der Waals surface area contributed by atoms with Gasteiger partial charge in [0, 0.05) is 30.3 Å². The van der Waals surface area contributed by atoms with E-state index in [1.807, 2.05) is 11.9 Å². The van der Waals surface area contributed by atoms with Crippen LogP contribution in [0.3, 0.4) is 0 Å². The lowest BCUT2D eigenvalue weighted by Gasteiger charge is -2.49. The molecule has 1 amide bonds. The van der Waals surface area contributed by atoms with Crippen molar-refractivity contribution in [3.8, 4) is 0 Å². The zero-order chi connectivity index (χ0) is 15.6. The monoisotopic (exact) mass is 305 g/mol. The number of thiocarbonyl (C=S) groups is 1. The molecule has 0 aromatic heterocycles. The minimum atomic E-state index is 0.0395. The number of benzene rings is 1. The quantitative estimate of drug-likeness (QED) is 0.844. The summed E-state index contributed by atoms with van der Waals surface area (Å²) >= 11 is 4.92. The molecule has 0 heterocycles. The fourth-order valence-electron chi connectivity index (χ4n) is 2.84. The van der Waals surface area contributed by atoms with Crippen molar-refractivity contribution in [1.29, 1.82) is 0 Å². The summed E-state index contributed by atoms with van der Waals surface area (Å²) in [6.45, 7) is 0.760. The van der Waals surface area contributed by atoms with Crippen molar-refractivity contribution in [2.45, 2.75) is 24.8 Å². The van der Waals surface area contributed by atoms with E-state index in [0.717, 1.165) is 24.9 Å². The van der Waals surface area contributed by atoms with E-state index in [-0.39, 0.29) is 11.4 Å². The van der Waals surface area contributed by atoms with Gasteiger partial charge in [-0.15, -0.1) is 0 Å². The Morgan fingerprint density at radius 3 is 2.10 bits per heavy atom. The Bertz CT molecular complexity index is 535. The molecule has 0 bridgehead atoms. The van der Waals surface area contributed by atoms with E-state index in [1.165, 1.54) is 6.42 Å². The summed E-state index contributed by atoms with van der Waals surface area (Å²) in [4.78, 5) is 16.9. The van der Waals surface area contributed by atoms with Crippen LogP contribution in [0.4, 0.5) is 0 Å². The molecule has 4 nitrogen and oxygen atoms in total. The molecule has 21 heavy (non-hydrogen) atoms. The Balaban J connectivity index is 2.07. The van der Waals surface area contributed by atoms with E-state index in [2.05, 4.69) is 19.0 Å². The molecular weight excluding hydrogens is 282 g/mol. The fraction of sp³-hybridized carbons (Fsp3) is 0.500. The van der Waals surface area contributed by atoms with Crippen LogP contribution >= 0.6 is 12.2 Å². The van der Waals surface area contributed by atoms with Gasteiger partial charge in [0.25, 0.3) is 5.91 Å². The zero-order valence-corrected chi connectivity index (χ0v) is 13.7. The summed E-state index contributed by atoms with van der Waals surface area (Å²) < 4.78 is 0. The first-order chi connectivity index (χ1) is 9.85. The molecule has 0 radical (unpaired) electrons. The number of carbonyl (C=O) groups excluding carboxylic acids is 1. The predicted octanol–water partition coefficient (Wildman–Crippen LogP) is 1.88. The smallest absolute Gasteiger partial charge is 0.253 e. The summed E-state index contributed by atoms with van der Waals surface area (Å²) in [7, 11) is 6.05. The van der Waals surface area contributed by atoms with Gasteiger partial charge < -0.3 is 15.5 Å². The molecule has 0 aliphatic heterocycles. The van der Waals surface area contributed by atoms with Gasteiger partial charge in [-0.2, -0.15) is 0 Å². The average Bonchev–Trinajstić information content (AvgIpc) is 2.41. The standard InChI is InChI=1S/C16H23N3OS/c1-18(2)16(9-4-10-16)11-19(3)15(20)13-7-5-12(6-8-13)14(17)21/h5-8H,4,9-11H2,1-3H3,(H2,17,21). The lowest BCUT2D eigenvalue weighted by molar-refractivity contribution is 0.0252. The van der Waals surface area contributed by atoms with Gasteiger partial charge in [-0.1, -0.05) is 24.4 Å². The second-order valence-electron chi connectivity index (χ2n) is 6.08. The fourth-order valence-corrected chi connectivity index (χ4v) is 2.98. The van der Waals surface area contributed by atoms with Crippen LogP contribution in [0.5, 0.6) is 0 Å². The van der Waals surface area contributed by atoms with Gasteiger partial charge >= 0.3 is 0 Å². The van der Waals surface area contributed by atoms with Crippen molar-refractivity contribution in [1.82, 2.24) is 9.80 Å². The highest BCUT2D eigenvalue weighted by Gasteiger charge is 2.40. The molecule has 1 aliphatic rings. The molecule has 1 aromatic carbocycles. The molecule has 2 N–H and O–H groups in total. The van der Waals surface area contributed by atoms with Crippen molar-refractivity contribution in [3.63, 3.8) is 0 Å². The first-order valence-electron chi connectivity index (χ1n) is 7.18. The Labute approximate surface area is 131 Å². The third-order valence-electron chi connectivity index (χ3n) is 4.53. The van der Waals surface area contributed by atoms with Gasteiger partial charge in [0.05, 0.1) is 0 Å². The first kappa shape index (κ1) is 15.9. The second-order valence-corrected chi connectivity index (χ2v) is 6.51. The highest BCUT2D eigenvalue weighted by atomic mass is 32.1. The molecule has 1 fully saturated rings. The van der Waals surface area contributed by atoms with E-state index in [4.69, 9.17) is 18.0 Å². The van der Waals surface area contributed by atoms with Gasteiger partial charge in [0.1, 0.15) is 4.99 Å². The van der Waals surface area contributed by atoms with Gasteiger partial charge in [-0.25, -0.2) is 0 Å². The normalized spacial score (nSPS) is 16.4. The highest BCUT2D eigenvalue weighted by Crippen LogP contribution is 2.36. The Morgan fingerprint density at radius 2 is 1.71 bits per heavy atom. The van der Waals surface area contributed by atoms with Crippen LogP contribution in [0, 0.1) is 0 Å². The Kier molecular flexibility index (Phi) is 4.64. The van der Waals surface area contributed by atoms with Gasteiger partial charge in [-0.05, 0) is 45.5 Å². The molecule has 5 heteroatoms. The molecule has 0 unspecified atom stereocenters. The van der Waals surface area contributed by atoms with E-state index < -0.39 is 0 Å². The largest absolute Gasteiger partial charge is 0.389 e. The summed E-state index contributed by atoms with van der Waals surface area (Å²) in [5, 5.41) is 0. The molecule has 0 spiro atoms. The SMILES string of the molecule is CN(CC1(N(C)C)CCC1)C(=O)c1ccc(C(N)=S)cc1. The lowest BCUT2D eigenvalue weighted by Crippen LogP contribution is -2.57. The van der Waals surface area contributed by atoms with Crippen LogP contribution in [0.15, 0.2) is 24.3 Å². The first-order valence-corrected chi connectivity index (χ1v) is 7.59. The molecular formula is C16H23N3OS. The van der Waals surface area contributed by atoms with Crippen molar-refractivity contribution in [2.24, 2.45) is 5.73 Å². The minimum absolute atomic E-state index is 0.0395. The van der Waals surface area contributed by atoms with E-state index in [1.54, 1.807) is 24.3 Å². The molecule has 114 valence electrons. The van der Waals surface area contributed by atoms with Crippen LogP contribution in [-0.2, 0) is 0 Å². The summed E-state index contributed by atoms with van der Waals surface area (Å²) in [5.41, 5.74) is 7.17. The van der Waals surface area contributed by atoms with Crippen molar-refractivity contribution in [3.05, 3.63) is 35.4 Å². The summed E-state index contributed by atoms with van der Waals surface area (Å²) in [6.07, 6.45) is 3.54. The van der Waals surface area contributed by atoms with Crippen LogP contribution in [0.25, 0.3) is 0 Å². The third-order valence-corrected chi connectivity index (χ3v) is 4.76. The number of hydrogen-bond donors (Lipinski definition) is 1. The summed E-state index contributed by atoms with van der Waals surface area (Å²) in [6, 6.07) is 7.18. The third kappa shape index (κ3) is 3.24. The van der Waals surface area contributed by atoms with E-state index >= 15 is 0 Å². The second kappa shape index (κ2) is 6.12. The molecule has 1 aliphatic carbocycles. The van der Waals surface area contributed by atoms with E-state index in [9.17, 15) is 4.79 Å². The maximum Gasteiger partial charge on any atom is 0.253 e. The van der Waals surface area contributed by atoms with Crippen LogP contribution in [0.1, 0.15) is 35.2 Å². The number of carbonyl (C=O) groups is 1. The molecule has 1 aromatic rings. The van der Waals surface area contributed by atoms with Gasteiger partial charge in [-0.3, -0.25) is 4.79 Å². The maximum absolute atomic E-state index is 12.5. The number of rotatable bonds is 5. The number of amides is 1. The average molecular weight is 305 g/mol. The number of nitrogens with two attached hydrogens (primary N) is 1. The predicted molar refractivity (Wildman–Crippen MR) is 89.6 cm³/mol. The maximum atomic E-state index is 12.5. The highest BCUT2D eigenvalue weighted by molar-refractivity contribution is 7.80. The van der Waals surface area contributed by atoms with Crippen LogP contribution < -0.4 is 5.73 Å². The Hall–Kier alpha value is -1.46. The van der Waals surface area contributed by atoms with Gasteiger partial charge in [0.15, 0.2) is 0 Å². The topological polar surface area (TPSA) is 49.6 Å². The van der Waals surface area contributed by atoms with Crippen LogP contribution in [-0.4, -0.2) is 53.9 Å². The van der Waals surface area contributed by atoms with Gasteiger partial charge in [0.2, 0.25) is 0 Å². The molecule has 2 rings (SSSR count). The zero-order valence-electron chi connectivity index (χ0n) is 12.9. The Morgan fingerprint density at radius 1 is 1.19 bits per heavy atom. The number of nitrogens with zero attached hydrogens (tertiary/aromatic N) is 2. The minimum Gasteiger partial charge on any atom is -0.389 e. The number of hydrogen-bond acceptors (Lipinski definition) is 3. The van der Waals surface area contributed by atoms with Crippen molar-refractivity contribution in [2.75, 3.05) is 27.7 Å².